The number of ether oxygens (including phenoxy) is 1. The van der Waals surface area contributed by atoms with Crippen LogP contribution in [0, 0.1) is 11.3 Å². The van der Waals surface area contributed by atoms with Crippen molar-refractivity contribution < 1.29 is 4.74 Å². The van der Waals surface area contributed by atoms with Crippen molar-refractivity contribution in [2.45, 2.75) is 56.4 Å². The van der Waals surface area contributed by atoms with E-state index >= 15 is 0 Å². The Kier molecular flexibility index (Phi) is 5.22. The molecule has 3 N–H and O–H groups in total. The van der Waals surface area contributed by atoms with E-state index in [9.17, 15) is 10.1 Å². The van der Waals surface area contributed by atoms with Crippen molar-refractivity contribution in [1.29, 1.82) is 5.26 Å². The molecular formula is C28H30N6O2. The number of nitriles is 1. The second-order valence-corrected chi connectivity index (χ2v) is 10.6. The fourth-order valence-corrected chi connectivity index (χ4v) is 6.27. The molecule has 1 aromatic carbocycles. The zero-order chi connectivity index (χ0) is 24.2. The maximum absolute atomic E-state index is 12.9. The number of aromatic nitrogens is 4. The van der Waals surface area contributed by atoms with E-state index in [0.717, 1.165) is 86.9 Å². The second kappa shape index (κ2) is 8.61. The van der Waals surface area contributed by atoms with E-state index < -0.39 is 0 Å². The highest BCUT2D eigenvalue weighted by molar-refractivity contribution is 5.97. The van der Waals surface area contributed by atoms with Gasteiger partial charge in [0.05, 0.1) is 22.1 Å². The van der Waals surface area contributed by atoms with Gasteiger partial charge in [-0.25, -0.2) is 4.98 Å². The number of hydrogen-bond donors (Lipinski definition) is 3. The van der Waals surface area contributed by atoms with Crippen molar-refractivity contribution in [3.8, 4) is 17.5 Å². The number of likely N-dealkylation sites (tertiary alicyclic amines) is 1. The van der Waals surface area contributed by atoms with E-state index in [0.29, 0.717) is 40.3 Å². The highest BCUT2D eigenvalue weighted by Crippen LogP contribution is 2.43. The van der Waals surface area contributed by atoms with E-state index in [-0.39, 0.29) is 5.56 Å². The van der Waals surface area contributed by atoms with Gasteiger partial charge in [-0.3, -0.25) is 4.79 Å². The van der Waals surface area contributed by atoms with Gasteiger partial charge < -0.3 is 24.6 Å². The minimum Gasteiger partial charge on any atom is -0.381 e. The molecule has 8 heteroatoms. The predicted molar refractivity (Wildman–Crippen MR) is 138 cm³/mol. The van der Waals surface area contributed by atoms with Crippen molar-refractivity contribution in [3.63, 3.8) is 0 Å². The van der Waals surface area contributed by atoms with Crippen LogP contribution in [0.2, 0.25) is 0 Å². The van der Waals surface area contributed by atoms with E-state index in [1.807, 2.05) is 0 Å². The van der Waals surface area contributed by atoms with Crippen LogP contribution >= 0.6 is 0 Å². The Morgan fingerprint density at radius 2 is 1.83 bits per heavy atom. The summed E-state index contributed by atoms with van der Waals surface area (Å²) in [5, 5.41) is 10.5. The van der Waals surface area contributed by atoms with Gasteiger partial charge >= 0.3 is 0 Å². The van der Waals surface area contributed by atoms with Gasteiger partial charge in [0.1, 0.15) is 17.5 Å². The second-order valence-electron chi connectivity index (χ2n) is 10.6. The first kappa shape index (κ1) is 21.8. The summed E-state index contributed by atoms with van der Waals surface area (Å²) in [4.78, 5) is 30.0. The molecule has 0 bridgehead atoms. The summed E-state index contributed by atoms with van der Waals surface area (Å²) >= 11 is 0. The van der Waals surface area contributed by atoms with Crippen LogP contribution in [-0.4, -0.2) is 57.2 Å². The van der Waals surface area contributed by atoms with Gasteiger partial charge in [-0.15, -0.1) is 0 Å². The fraction of sp³-hybridized carbons (Fsp3) is 0.464. The Labute approximate surface area is 208 Å². The van der Waals surface area contributed by atoms with Crippen molar-refractivity contribution in [1.82, 2.24) is 24.8 Å². The van der Waals surface area contributed by atoms with Crippen molar-refractivity contribution in [2.75, 3.05) is 26.3 Å². The lowest BCUT2D eigenvalue weighted by atomic mass is 9.88. The average Bonchev–Trinajstić information content (AvgIpc) is 3.57. The van der Waals surface area contributed by atoms with Gasteiger partial charge in [-0.1, -0.05) is 6.07 Å². The lowest BCUT2D eigenvalue weighted by molar-refractivity contribution is 0.0252. The third-order valence-corrected chi connectivity index (χ3v) is 8.44. The summed E-state index contributed by atoms with van der Waals surface area (Å²) in [7, 11) is 0. The van der Waals surface area contributed by atoms with Gasteiger partial charge in [-0.2, -0.15) is 5.26 Å². The van der Waals surface area contributed by atoms with Gasteiger partial charge in [0, 0.05) is 42.5 Å². The summed E-state index contributed by atoms with van der Waals surface area (Å²) in [6, 6.07) is 9.48. The highest BCUT2D eigenvalue weighted by Gasteiger charge is 2.31. The zero-order valence-corrected chi connectivity index (χ0v) is 20.3. The summed E-state index contributed by atoms with van der Waals surface area (Å²) in [6.45, 7) is 4.05. The number of hydrogen-bond acceptors (Lipinski definition) is 5. The molecule has 4 aromatic rings. The van der Waals surface area contributed by atoms with E-state index in [4.69, 9.17) is 9.72 Å². The van der Waals surface area contributed by atoms with Crippen molar-refractivity contribution in [2.24, 2.45) is 0 Å². The van der Waals surface area contributed by atoms with Crippen LogP contribution < -0.4 is 5.56 Å². The van der Waals surface area contributed by atoms with Crippen LogP contribution in [0.15, 0.2) is 29.2 Å². The lowest BCUT2D eigenvalue weighted by Crippen LogP contribution is -2.43. The normalized spacial score (nSPS) is 20.3. The summed E-state index contributed by atoms with van der Waals surface area (Å²) in [5.41, 5.74) is 5.65. The average molecular weight is 483 g/mol. The molecule has 5 heterocycles. The monoisotopic (exact) mass is 482 g/mol. The predicted octanol–water partition coefficient (Wildman–Crippen LogP) is 4.51. The largest absolute Gasteiger partial charge is 0.381 e. The molecular weight excluding hydrogens is 452 g/mol. The molecule has 3 fully saturated rings. The van der Waals surface area contributed by atoms with Crippen LogP contribution in [-0.2, 0) is 4.74 Å². The number of pyridine rings is 1. The molecule has 8 nitrogen and oxygen atoms in total. The standard InChI is InChI=1S/C28H30N6O2/c29-14-20-21-15-30-28(35)24(26(21)33-25(20)17-1-2-17)27-31-22-4-3-18(13-23(22)32-27)16-5-9-34(10-6-16)19-7-11-36-12-8-19/h3-4,13,15-17,19,33H,1-2,5-12H2,(H,30,35)(H,31,32). The fourth-order valence-electron chi connectivity index (χ4n) is 6.27. The molecule has 2 aliphatic heterocycles. The topological polar surface area (TPSA) is 114 Å². The number of nitrogens with zero attached hydrogens (tertiary/aromatic N) is 3. The maximum Gasteiger partial charge on any atom is 0.261 e. The first-order valence-corrected chi connectivity index (χ1v) is 13.2. The van der Waals surface area contributed by atoms with Crippen LogP contribution in [0.5, 0.6) is 0 Å². The Bertz CT molecular complexity index is 1540. The first-order chi connectivity index (χ1) is 17.7. The minimum absolute atomic E-state index is 0.213. The molecule has 2 saturated heterocycles. The minimum atomic E-state index is -0.213. The summed E-state index contributed by atoms with van der Waals surface area (Å²) in [5.74, 6) is 1.45. The molecule has 1 aliphatic carbocycles. The molecule has 36 heavy (non-hydrogen) atoms. The van der Waals surface area contributed by atoms with Crippen LogP contribution in [0.4, 0.5) is 0 Å². The molecule has 0 amide bonds. The molecule has 0 spiro atoms. The number of imidazole rings is 1. The highest BCUT2D eigenvalue weighted by atomic mass is 16.5. The third kappa shape index (κ3) is 3.66. The third-order valence-electron chi connectivity index (χ3n) is 8.44. The van der Waals surface area contributed by atoms with Gasteiger partial charge in [0.15, 0.2) is 0 Å². The van der Waals surface area contributed by atoms with Gasteiger partial charge in [-0.05, 0) is 75.2 Å². The molecule has 1 saturated carbocycles. The number of rotatable bonds is 4. The number of piperidine rings is 1. The molecule has 3 aromatic heterocycles. The number of aromatic amines is 3. The number of benzene rings is 1. The molecule has 184 valence electrons. The van der Waals surface area contributed by atoms with Crippen molar-refractivity contribution >= 4 is 21.9 Å². The maximum atomic E-state index is 12.9. The molecule has 0 radical (unpaired) electrons. The smallest absolute Gasteiger partial charge is 0.261 e. The Morgan fingerprint density at radius 3 is 2.58 bits per heavy atom. The quantitative estimate of drug-likeness (QED) is 0.396. The number of nitrogens with one attached hydrogen (secondary N) is 3. The molecule has 0 unspecified atom stereocenters. The van der Waals surface area contributed by atoms with Gasteiger partial charge in [0.2, 0.25) is 0 Å². The Balaban J connectivity index is 1.19. The zero-order valence-electron chi connectivity index (χ0n) is 20.3. The number of H-pyrrole nitrogens is 3. The van der Waals surface area contributed by atoms with Gasteiger partial charge in [0.25, 0.3) is 5.56 Å². The van der Waals surface area contributed by atoms with Crippen LogP contribution in [0.3, 0.4) is 0 Å². The number of fused-ring (bicyclic) bond motifs is 2. The molecule has 7 rings (SSSR count). The Hall–Kier alpha value is -3.41. The van der Waals surface area contributed by atoms with E-state index in [1.54, 1.807) is 6.20 Å². The first-order valence-electron chi connectivity index (χ1n) is 13.2. The lowest BCUT2D eigenvalue weighted by Gasteiger charge is -2.39. The van der Waals surface area contributed by atoms with Crippen LogP contribution in [0.1, 0.15) is 67.2 Å². The molecule has 3 aliphatic rings. The van der Waals surface area contributed by atoms with Crippen molar-refractivity contribution in [3.05, 3.63) is 51.6 Å². The summed E-state index contributed by atoms with van der Waals surface area (Å²) in [6.07, 6.45) is 8.42. The van der Waals surface area contributed by atoms with Crippen LogP contribution in [0.25, 0.3) is 33.3 Å². The summed E-state index contributed by atoms with van der Waals surface area (Å²) < 4.78 is 5.54. The van der Waals surface area contributed by atoms with E-state index in [2.05, 4.69) is 44.1 Å². The Morgan fingerprint density at radius 1 is 1.03 bits per heavy atom. The SMILES string of the molecule is N#Cc1c(C2CC2)[nH]c2c(-c3nc4ccc(C5CCN(C6CCOCC6)CC5)cc4[nH]3)c(=O)[nH]cc12. The molecule has 0 atom stereocenters. The van der Waals surface area contributed by atoms with E-state index in [1.165, 1.54) is 5.56 Å².